The van der Waals surface area contributed by atoms with E-state index in [2.05, 4.69) is 0 Å². The molecule has 0 spiro atoms. The van der Waals surface area contributed by atoms with Gasteiger partial charge in [0.25, 0.3) is 5.09 Å². The summed E-state index contributed by atoms with van der Waals surface area (Å²) < 4.78 is 0. The van der Waals surface area contributed by atoms with Crippen molar-refractivity contribution in [2.45, 2.75) is 0 Å². The Hall–Kier alpha value is 0.380. The molecular formula is H9CaN3O3. The quantitative estimate of drug-likeness (QED) is 0.243. The first-order valence-electron chi connectivity index (χ1n) is 0.565. The zero-order valence-corrected chi connectivity index (χ0v) is 6.04. The van der Waals surface area contributed by atoms with Gasteiger partial charge in [-0.15, -0.1) is 10.1 Å². The van der Waals surface area contributed by atoms with Gasteiger partial charge in [0.05, 0.1) is 0 Å². The summed E-state index contributed by atoms with van der Waals surface area (Å²) in [5.41, 5.74) is 0. The number of hydrogen-bond acceptors (Lipinski definition) is 4. The molecule has 0 aliphatic rings. The Morgan fingerprint density at radius 1 is 1.57 bits per heavy atom. The molecule has 0 amide bonds. The fourth-order valence-electron chi connectivity index (χ4n) is 0. The van der Waals surface area contributed by atoms with Gasteiger partial charge in [0, 0.05) is 0 Å². The molecule has 0 bridgehead atoms. The second-order valence-electron chi connectivity index (χ2n) is 0.238. The molecule has 0 aliphatic carbocycles. The van der Waals surface area contributed by atoms with Crippen LogP contribution in [0.3, 0.4) is 0 Å². The SMILES string of the molecule is N.N.O=[N+]([O-])O.[Ca+2].[H-].[H-]. The van der Waals surface area contributed by atoms with Crippen molar-refractivity contribution in [3.05, 3.63) is 10.1 Å². The third-order valence-electron chi connectivity index (χ3n) is 0. The van der Waals surface area contributed by atoms with Crippen LogP contribution in [0, 0.1) is 10.1 Å². The fraction of sp³-hybridized carbons (Fsp3) is 0. The van der Waals surface area contributed by atoms with Crippen molar-refractivity contribution < 1.29 is 13.1 Å². The van der Waals surface area contributed by atoms with Crippen LogP contribution in [-0.2, 0) is 0 Å². The summed E-state index contributed by atoms with van der Waals surface area (Å²) in [6.45, 7) is 0. The molecule has 6 nitrogen and oxygen atoms in total. The molecule has 7 N–H and O–H groups in total. The molecular weight excluding hydrogens is 130 g/mol. The van der Waals surface area contributed by atoms with Crippen LogP contribution in [0.2, 0.25) is 0 Å². The van der Waals surface area contributed by atoms with Crippen molar-refractivity contribution in [1.29, 1.82) is 0 Å². The summed E-state index contributed by atoms with van der Waals surface area (Å²) in [5, 5.41) is 13.6. The molecule has 0 fully saturated rings. The van der Waals surface area contributed by atoms with Crippen LogP contribution in [0.5, 0.6) is 0 Å². The molecule has 0 aliphatic heterocycles. The fourth-order valence-corrected chi connectivity index (χ4v) is 0. The average Bonchev–Trinajstić information content (AvgIpc) is 0.811. The summed E-state index contributed by atoms with van der Waals surface area (Å²) in [4.78, 5) is 8.36. The third-order valence-corrected chi connectivity index (χ3v) is 0. The average molecular weight is 139 g/mol. The maximum Gasteiger partial charge on any atom is 2.00 e. The Bertz CT molecular complexity index is 40.0. The Morgan fingerprint density at radius 2 is 1.57 bits per heavy atom. The normalized spacial score (nSPS) is 3.43. The first kappa shape index (κ1) is 26.3. The first-order valence-corrected chi connectivity index (χ1v) is 0.565. The van der Waals surface area contributed by atoms with Gasteiger partial charge in [-0.05, 0) is 0 Å². The predicted molar refractivity (Wildman–Crippen MR) is 26.8 cm³/mol. The third kappa shape index (κ3) is 849. The molecule has 0 atom stereocenters. The monoisotopic (exact) mass is 139 g/mol. The minimum atomic E-state index is -1.50. The first-order chi connectivity index (χ1) is 1.73. The van der Waals surface area contributed by atoms with Gasteiger partial charge in [0.15, 0.2) is 0 Å². The molecule has 7 heavy (non-hydrogen) atoms. The largest absolute Gasteiger partial charge is 2.00 e. The predicted octanol–water partition coefficient (Wildman–Crippen LogP) is -0.180. The molecule has 0 aromatic heterocycles. The van der Waals surface area contributed by atoms with Gasteiger partial charge in [0.1, 0.15) is 0 Å². The van der Waals surface area contributed by atoms with Crippen molar-refractivity contribution in [3.8, 4) is 0 Å². The Balaban J connectivity index is -0.00000000450. The second kappa shape index (κ2) is 16.2. The van der Waals surface area contributed by atoms with E-state index < -0.39 is 5.09 Å². The van der Waals surface area contributed by atoms with E-state index in [9.17, 15) is 0 Å². The van der Waals surface area contributed by atoms with Crippen molar-refractivity contribution in [1.82, 2.24) is 12.3 Å². The molecule has 44 valence electrons. The standard InChI is InChI=1S/Ca.HNO3.2H3N.2H/c;2-1(3)4;;;;/h;(H,2,3,4);2*1H3;;/q+2;;;;2*-1. The second-order valence-corrected chi connectivity index (χ2v) is 0.238. The van der Waals surface area contributed by atoms with E-state index in [4.69, 9.17) is 15.3 Å². The molecule has 7 heteroatoms. The molecule has 0 radical (unpaired) electrons. The number of hydrogen-bond donors (Lipinski definition) is 3. The van der Waals surface area contributed by atoms with Gasteiger partial charge < -0.3 is 20.4 Å². The van der Waals surface area contributed by atoms with Crippen LogP contribution in [0.15, 0.2) is 0 Å². The summed E-state index contributed by atoms with van der Waals surface area (Å²) in [6.07, 6.45) is 0. The molecule has 0 unspecified atom stereocenters. The topological polar surface area (TPSA) is 133 Å². The number of nitrogens with zero attached hydrogens (tertiary/aromatic N) is 1. The smallest absolute Gasteiger partial charge is 1.00 e. The van der Waals surface area contributed by atoms with E-state index in [1.165, 1.54) is 0 Å². The van der Waals surface area contributed by atoms with Crippen molar-refractivity contribution >= 4 is 37.7 Å². The Labute approximate surface area is 73.1 Å². The molecule has 0 saturated heterocycles. The Morgan fingerprint density at radius 3 is 1.57 bits per heavy atom. The molecule has 0 saturated carbocycles. The number of rotatable bonds is 0. The maximum absolute atomic E-state index is 8.36. The van der Waals surface area contributed by atoms with Crippen molar-refractivity contribution in [3.63, 3.8) is 0 Å². The van der Waals surface area contributed by atoms with Crippen LogP contribution < -0.4 is 12.3 Å². The minimum absolute atomic E-state index is 0. The van der Waals surface area contributed by atoms with Crippen LogP contribution in [-0.4, -0.2) is 48.0 Å². The molecule has 0 aromatic rings. The minimum Gasteiger partial charge on any atom is -1.00 e. The Kier molecular flexibility index (Phi) is 60.7. The zero-order chi connectivity index (χ0) is 3.58. The summed E-state index contributed by atoms with van der Waals surface area (Å²) in [6, 6.07) is 0. The zero-order valence-electron chi connectivity index (χ0n) is 5.83. The van der Waals surface area contributed by atoms with Crippen molar-refractivity contribution in [2.75, 3.05) is 0 Å². The van der Waals surface area contributed by atoms with Crippen molar-refractivity contribution in [2.24, 2.45) is 0 Å². The van der Waals surface area contributed by atoms with Gasteiger partial charge in [-0.2, -0.15) is 0 Å². The molecule has 0 heterocycles. The summed E-state index contributed by atoms with van der Waals surface area (Å²) in [7, 11) is 0. The van der Waals surface area contributed by atoms with Gasteiger partial charge in [0.2, 0.25) is 0 Å². The van der Waals surface area contributed by atoms with E-state index in [-0.39, 0.29) is 52.9 Å². The van der Waals surface area contributed by atoms with Crippen LogP contribution in [0.4, 0.5) is 0 Å². The van der Waals surface area contributed by atoms with E-state index in [1.807, 2.05) is 0 Å². The van der Waals surface area contributed by atoms with Gasteiger partial charge in [-0.25, -0.2) is 0 Å². The van der Waals surface area contributed by atoms with Gasteiger partial charge in [-0.1, -0.05) is 0 Å². The van der Waals surface area contributed by atoms with Gasteiger partial charge in [-0.3, -0.25) is 0 Å². The molecule has 0 aromatic carbocycles. The summed E-state index contributed by atoms with van der Waals surface area (Å²) in [5.74, 6) is 0. The van der Waals surface area contributed by atoms with Crippen LogP contribution >= 0.6 is 0 Å². The van der Waals surface area contributed by atoms with Gasteiger partial charge >= 0.3 is 37.7 Å². The molecule has 0 rings (SSSR count). The van der Waals surface area contributed by atoms with E-state index in [0.29, 0.717) is 0 Å². The van der Waals surface area contributed by atoms with Crippen LogP contribution in [0.1, 0.15) is 2.85 Å². The maximum atomic E-state index is 8.36. The van der Waals surface area contributed by atoms with E-state index in [0.717, 1.165) is 0 Å². The van der Waals surface area contributed by atoms with Crippen LogP contribution in [0.25, 0.3) is 0 Å². The van der Waals surface area contributed by atoms with E-state index in [1.54, 1.807) is 0 Å². The van der Waals surface area contributed by atoms with E-state index >= 15 is 0 Å². The summed E-state index contributed by atoms with van der Waals surface area (Å²) >= 11 is 0.